The van der Waals surface area contributed by atoms with E-state index in [1.807, 2.05) is 0 Å². The van der Waals surface area contributed by atoms with Crippen LogP contribution in [-0.4, -0.2) is 20.4 Å². The highest BCUT2D eigenvalue weighted by molar-refractivity contribution is 9.10. The highest BCUT2D eigenvalue weighted by atomic mass is 79.9. The second-order valence-corrected chi connectivity index (χ2v) is 4.83. The molecule has 0 unspecified atom stereocenters. The molecule has 15 heavy (non-hydrogen) atoms. The molecule has 7 heteroatoms. The van der Waals surface area contributed by atoms with Crippen molar-refractivity contribution in [1.29, 1.82) is 0 Å². The van der Waals surface area contributed by atoms with Crippen LogP contribution >= 0.6 is 39.1 Å². The maximum Gasteiger partial charge on any atom is 0.271 e. The lowest BCUT2D eigenvalue weighted by Crippen LogP contribution is -2.26. The Labute approximate surface area is 104 Å². The average Bonchev–Trinajstić information content (AvgIpc) is 2.00. The molecular weight excluding hydrogens is 311 g/mol. The molecule has 1 aromatic rings. The van der Waals surface area contributed by atoms with Crippen molar-refractivity contribution in [2.45, 2.75) is 10.5 Å². The standard InChI is InChI=1S/C8H7BrCl2O4/c9-4-1-2-5(7(10,12)13)6(3-4)8(11,14)15/h1-3,12-15H. The molecule has 0 fully saturated rings. The molecule has 0 saturated carbocycles. The summed E-state index contributed by atoms with van der Waals surface area (Å²) < 4.78 is 0.482. The molecule has 1 aromatic carbocycles. The van der Waals surface area contributed by atoms with E-state index in [4.69, 9.17) is 33.4 Å². The third kappa shape index (κ3) is 3.29. The van der Waals surface area contributed by atoms with Crippen LogP contribution in [0.3, 0.4) is 0 Å². The van der Waals surface area contributed by atoms with Gasteiger partial charge in [-0.1, -0.05) is 45.2 Å². The van der Waals surface area contributed by atoms with Crippen LogP contribution in [0.2, 0.25) is 0 Å². The van der Waals surface area contributed by atoms with Gasteiger partial charge < -0.3 is 20.4 Å². The maximum atomic E-state index is 9.18. The molecule has 0 aliphatic rings. The Bertz CT molecular complexity index is 370. The SMILES string of the molecule is OC(O)(Cl)c1ccc(Br)cc1C(O)(O)Cl. The van der Waals surface area contributed by atoms with Gasteiger partial charge in [-0.15, -0.1) is 0 Å². The molecule has 1 rings (SSSR count). The van der Waals surface area contributed by atoms with E-state index >= 15 is 0 Å². The summed E-state index contributed by atoms with van der Waals surface area (Å²) in [5.74, 6) is 0. The molecule has 0 spiro atoms. The smallest absolute Gasteiger partial charge is 0.271 e. The normalized spacial score (nSPS) is 13.0. The lowest BCUT2D eigenvalue weighted by molar-refractivity contribution is -0.112. The lowest BCUT2D eigenvalue weighted by atomic mass is 10.1. The summed E-state index contributed by atoms with van der Waals surface area (Å²) in [4.78, 5) is 0. The Balaban J connectivity index is 3.41. The zero-order valence-corrected chi connectivity index (χ0v) is 10.3. The number of rotatable bonds is 2. The van der Waals surface area contributed by atoms with Gasteiger partial charge in [0, 0.05) is 15.6 Å². The molecule has 0 aliphatic heterocycles. The molecule has 0 heterocycles. The number of benzene rings is 1. The van der Waals surface area contributed by atoms with Crippen molar-refractivity contribution in [3.63, 3.8) is 0 Å². The van der Waals surface area contributed by atoms with Gasteiger partial charge in [0.15, 0.2) is 0 Å². The van der Waals surface area contributed by atoms with E-state index in [0.717, 1.165) is 0 Å². The molecule has 0 bridgehead atoms. The van der Waals surface area contributed by atoms with Gasteiger partial charge in [0.2, 0.25) is 0 Å². The minimum Gasteiger partial charge on any atom is -0.350 e. The van der Waals surface area contributed by atoms with Gasteiger partial charge in [-0.25, -0.2) is 0 Å². The largest absolute Gasteiger partial charge is 0.350 e. The van der Waals surface area contributed by atoms with Crippen LogP contribution in [0.25, 0.3) is 0 Å². The molecule has 4 nitrogen and oxygen atoms in total. The summed E-state index contributed by atoms with van der Waals surface area (Å²) in [6.45, 7) is 0. The van der Waals surface area contributed by atoms with Crippen molar-refractivity contribution in [3.05, 3.63) is 33.8 Å². The van der Waals surface area contributed by atoms with Crippen LogP contribution in [0.5, 0.6) is 0 Å². The highest BCUT2D eigenvalue weighted by Crippen LogP contribution is 2.35. The minimum atomic E-state index is -2.73. The van der Waals surface area contributed by atoms with Crippen LogP contribution in [0.1, 0.15) is 11.1 Å². The number of hydrogen-bond donors (Lipinski definition) is 4. The summed E-state index contributed by atoms with van der Waals surface area (Å²) in [6.07, 6.45) is 0. The molecule has 84 valence electrons. The first-order valence-corrected chi connectivity index (χ1v) is 5.25. The van der Waals surface area contributed by atoms with E-state index < -0.39 is 10.5 Å². The average molecular weight is 318 g/mol. The van der Waals surface area contributed by atoms with Crippen LogP contribution < -0.4 is 0 Å². The van der Waals surface area contributed by atoms with Gasteiger partial charge in [-0.3, -0.25) is 0 Å². The first-order chi connectivity index (χ1) is 6.62. The fraction of sp³-hybridized carbons (Fsp3) is 0.250. The number of aliphatic hydroxyl groups is 4. The molecule has 0 atom stereocenters. The van der Waals surface area contributed by atoms with Crippen molar-refractivity contribution >= 4 is 39.1 Å². The summed E-state index contributed by atoms with van der Waals surface area (Å²) >= 11 is 13.6. The van der Waals surface area contributed by atoms with Crippen molar-refractivity contribution in [2.75, 3.05) is 0 Å². The van der Waals surface area contributed by atoms with Gasteiger partial charge in [0.1, 0.15) is 0 Å². The quantitative estimate of drug-likeness (QED) is 0.487. The second kappa shape index (κ2) is 4.18. The maximum absolute atomic E-state index is 9.18. The van der Waals surface area contributed by atoms with Crippen LogP contribution in [0, 0.1) is 0 Å². The van der Waals surface area contributed by atoms with Crippen molar-refractivity contribution in [2.24, 2.45) is 0 Å². The Morgan fingerprint density at radius 3 is 1.80 bits per heavy atom. The van der Waals surface area contributed by atoms with E-state index in [1.165, 1.54) is 18.2 Å². The Hall–Kier alpha value is 0.120. The fourth-order valence-corrected chi connectivity index (χ4v) is 1.74. The predicted molar refractivity (Wildman–Crippen MR) is 58.1 cm³/mol. The zero-order chi connectivity index (χ0) is 11.9. The van der Waals surface area contributed by atoms with E-state index in [1.54, 1.807) is 0 Å². The minimum absolute atomic E-state index is 0.313. The molecule has 0 radical (unpaired) electrons. The topological polar surface area (TPSA) is 80.9 Å². The van der Waals surface area contributed by atoms with E-state index in [0.29, 0.717) is 4.47 Å². The summed E-state index contributed by atoms with van der Waals surface area (Å²) in [5.41, 5.74) is -0.633. The Morgan fingerprint density at radius 1 is 0.933 bits per heavy atom. The van der Waals surface area contributed by atoms with Crippen molar-refractivity contribution < 1.29 is 20.4 Å². The molecule has 4 N–H and O–H groups in total. The van der Waals surface area contributed by atoms with Gasteiger partial charge in [0.25, 0.3) is 10.5 Å². The van der Waals surface area contributed by atoms with E-state index in [2.05, 4.69) is 15.9 Å². The first kappa shape index (κ1) is 13.2. The van der Waals surface area contributed by atoms with Crippen LogP contribution in [-0.2, 0) is 10.5 Å². The van der Waals surface area contributed by atoms with Gasteiger partial charge in [-0.05, 0) is 12.1 Å². The summed E-state index contributed by atoms with van der Waals surface area (Å²) in [7, 11) is 0. The molecule has 0 saturated heterocycles. The Kier molecular flexibility index (Phi) is 3.67. The molecule has 0 aromatic heterocycles. The van der Waals surface area contributed by atoms with Gasteiger partial charge in [-0.2, -0.15) is 0 Å². The second-order valence-electron chi connectivity index (χ2n) is 2.86. The number of hydrogen-bond acceptors (Lipinski definition) is 4. The van der Waals surface area contributed by atoms with Crippen molar-refractivity contribution in [1.82, 2.24) is 0 Å². The highest BCUT2D eigenvalue weighted by Gasteiger charge is 2.34. The molecule has 0 amide bonds. The zero-order valence-electron chi connectivity index (χ0n) is 7.15. The third-order valence-corrected chi connectivity index (χ3v) is 2.57. The summed E-state index contributed by atoms with van der Waals surface area (Å²) in [5, 5.41) is 31.2. The van der Waals surface area contributed by atoms with E-state index in [9.17, 15) is 10.2 Å². The number of alkyl halides is 2. The van der Waals surface area contributed by atoms with Crippen LogP contribution in [0.4, 0.5) is 0 Å². The molecule has 0 aliphatic carbocycles. The lowest BCUT2D eigenvalue weighted by Gasteiger charge is -2.22. The fourth-order valence-electron chi connectivity index (χ4n) is 1.06. The molecular formula is C8H7BrCl2O4. The van der Waals surface area contributed by atoms with Gasteiger partial charge >= 0.3 is 0 Å². The van der Waals surface area contributed by atoms with Crippen LogP contribution in [0.15, 0.2) is 22.7 Å². The monoisotopic (exact) mass is 316 g/mol. The number of halogens is 3. The van der Waals surface area contributed by atoms with Gasteiger partial charge in [0.05, 0.1) is 0 Å². The van der Waals surface area contributed by atoms with E-state index in [-0.39, 0.29) is 11.1 Å². The van der Waals surface area contributed by atoms with Crippen molar-refractivity contribution in [3.8, 4) is 0 Å². The first-order valence-electron chi connectivity index (χ1n) is 3.70. The Morgan fingerprint density at radius 2 is 1.40 bits per heavy atom. The predicted octanol–water partition coefficient (Wildman–Crippen LogP) is 1.12. The summed E-state index contributed by atoms with van der Waals surface area (Å²) in [6, 6.07) is 3.87. The third-order valence-electron chi connectivity index (χ3n) is 1.67.